The van der Waals surface area contributed by atoms with Crippen LogP contribution in [0.2, 0.25) is 0 Å². The molecule has 0 saturated heterocycles. The second kappa shape index (κ2) is 9.19. The monoisotopic (exact) mass is 212 g/mol. The number of carbonyl (C=O) groups excluding carboxylic acids is 2. The summed E-state index contributed by atoms with van der Waals surface area (Å²) in [6.07, 6.45) is 1.28. The number of ether oxygens (including phenoxy) is 1. The standard InChI is InChI=1S/C8H14O2.C4H6O/c1-6(2)5-10-8(9)7(3)4;1-3-4(2)5/h6H,3,5H2,1-2,4H3;3H,1H2,2H3. The van der Waals surface area contributed by atoms with E-state index in [1.54, 1.807) is 6.92 Å². The Kier molecular flexibility index (Phi) is 9.84. The normalized spacial score (nSPS) is 8.60. The van der Waals surface area contributed by atoms with Crippen molar-refractivity contribution in [2.45, 2.75) is 27.7 Å². The van der Waals surface area contributed by atoms with Gasteiger partial charge in [-0.2, -0.15) is 0 Å². The third kappa shape index (κ3) is 15.4. The van der Waals surface area contributed by atoms with E-state index >= 15 is 0 Å². The first-order chi connectivity index (χ1) is 6.81. The first-order valence-electron chi connectivity index (χ1n) is 4.76. The van der Waals surface area contributed by atoms with E-state index in [9.17, 15) is 9.59 Å². The van der Waals surface area contributed by atoms with Gasteiger partial charge in [0.05, 0.1) is 6.61 Å². The van der Waals surface area contributed by atoms with E-state index in [0.29, 0.717) is 18.1 Å². The Balaban J connectivity index is 0. The van der Waals surface area contributed by atoms with Crippen LogP contribution in [0, 0.1) is 5.92 Å². The number of esters is 1. The predicted octanol–water partition coefficient (Wildman–Crippen LogP) is 2.52. The highest BCUT2D eigenvalue weighted by molar-refractivity contribution is 5.87. The van der Waals surface area contributed by atoms with E-state index in [2.05, 4.69) is 13.2 Å². The molecule has 3 nitrogen and oxygen atoms in total. The minimum atomic E-state index is -0.297. The second-order valence-electron chi connectivity index (χ2n) is 3.59. The molecule has 0 rings (SSSR count). The molecule has 15 heavy (non-hydrogen) atoms. The summed E-state index contributed by atoms with van der Waals surface area (Å²) in [5.41, 5.74) is 0.459. The van der Waals surface area contributed by atoms with Crippen molar-refractivity contribution in [2.75, 3.05) is 6.61 Å². The van der Waals surface area contributed by atoms with Crippen molar-refractivity contribution in [1.29, 1.82) is 0 Å². The largest absolute Gasteiger partial charge is 0.462 e. The Bertz CT molecular complexity index is 239. The van der Waals surface area contributed by atoms with E-state index in [1.807, 2.05) is 13.8 Å². The van der Waals surface area contributed by atoms with Crippen LogP contribution in [-0.2, 0) is 14.3 Å². The summed E-state index contributed by atoms with van der Waals surface area (Å²) in [6, 6.07) is 0. The summed E-state index contributed by atoms with van der Waals surface area (Å²) >= 11 is 0. The number of rotatable bonds is 4. The van der Waals surface area contributed by atoms with Crippen molar-refractivity contribution in [3.63, 3.8) is 0 Å². The van der Waals surface area contributed by atoms with E-state index in [-0.39, 0.29) is 11.8 Å². The molecule has 0 aliphatic rings. The smallest absolute Gasteiger partial charge is 0.333 e. The van der Waals surface area contributed by atoms with Gasteiger partial charge in [0.25, 0.3) is 0 Å². The molecule has 86 valence electrons. The molecular weight excluding hydrogens is 192 g/mol. The zero-order valence-corrected chi connectivity index (χ0v) is 10.0. The van der Waals surface area contributed by atoms with Crippen LogP contribution >= 0.6 is 0 Å². The number of hydrogen-bond donors (Lipinski definition) is 0. The van der Waals surface area contributed by atoms with Gasteiger partial charge in [-0.1, -0.05) is 27.0 Å². The van der Waals surface area contributed by atoms with Gasteiger partial charge in [0, 0.05) is 5.57 Å². The topological polar surface area (TPSA) is 43.4 Å². The summed E-state index contributed by atoms with van der Waals surface area (Å²) < 4.78 is 4.83. The average molecular weight is 212 g/mol. The van der Waals surface area contributed by atoms with Crippen LogP contribution < -0.4 is 0 Å². The van der Waals surface area contributed by atoms with Crippen molar-refractivity contribution in [3.05, 3.63) is 24.8 Å². The first-order valence-corrected chi connectivity index (χ1v) is 4.76. The Morgan fingerprint density at radius 1 is 1.33 bits per heavy atom. The molecule has 0 N–H and O–H groups in total. The number of carbonyl (C=O) groups is 2. The maximum atomic E-state index is 10.7. The van der Waals surface area contributed by atoms with Gasteiger partial charge < -0.3 is 4.74 Å². The summed E-state index contributed by atoms with van der Waals surface area (Å²) in [5.74, 6) is 0.113. The van der Waals surface area contributed by atoms with Gasteiger partial charge in [0.1, 0.15) is 0 Å². The van der Waals surface area contributed by atoms with Gasteiger partial charge in [-0.15, -0.1) is 0 Å². The molecule has 0 aromatic rings. The second-order valence-corrected chi connectivity index (χ2v) is 3.59. The van der Waals surface area contributed by atoms with Crippen LogP contribution in [0.15, 0.2) is 24.8 Å². The van der Waals surface area contributed by atoms with Gasteiger partial charge in [-0.3, -0.25) is 4.79 Å². The molecule has 0 radical (unpaired) electrons. The lowest BCUT2D eigenvalue weighted by atomic mass is 10.2. The fourth-order valence-corrected chi connectivity index (χ4v) is 0.366. The SMILES string of the molecule is C=C(C)C(=O)OCC(C)C.C=CC(C)=O. The molecule has 0 amide bonds. The van der Waals surface area contributed by atoms with Crippen LogP contribution in [0.25, 0.3) is 0 Å². The highest BCUT2D eigenvalue weighted by atomic mass is 16.5. The molecular formula is C12H20O3. The zero-order chi connectivity index (χ0) is 12.4. The highest BCUT2D eigenvalue weighted by Crippen LogP contribution is 1.97. The van der Waals surface area contributed by atoms with Crippen molar-refractivity contribution >= 4 is 11.8 Å². The molecule has 0 saturated carbocycles. The summed E-state index contributed by atoms with van der Waals surface area (Å²) in [4.78, 5) is 20.4. The minimum absolute atomic E-state index is 0.0185. The first kappa shape index (κ1) is 16.1. The molecule has 0 aliphatic carbocycles. The Morgan fingerprint density at radius 2 is 1.73 bits per heavy atom. The molecule has 0 heterocycles. The van der Waals surface area contributed by atoms with Gasteiger partial charge in [0.2, 0.25) is 0 Å². The lowest BCUT2D eigenvalue weighted by Crippen LogP contribution is -2.09. The molecule has 0 aromatic carbocycles. The molecule has 3 heteroatoms. The highest BCUT2D eigenvalue weighted by Gasteiger charge is 2.03. The van der Waals surface area contributed by atoms with Crippen LogP contribution in [0.1, 0.15) is 27.7 Å². The molecule has 0 aromatic heterocycles. The van der Waals surface area contributed by atoms with E-state index < -0.39 is 0 Å². The quantitative estimate of drug-likeness (QED) is 0.531. The number of hydrogen-bond acceptors (Lipinski definition) is 3. The van der Waals surface area contributed by atoms with Crippen molar-refractivity contribution in [3.8, 4) is 0 Å². The van der Waals surface area contributed by atoms with Crippen LogP contribution in [0.3, 0.4) is 0 Å². The summed E-state index contributed by atoms with van der Waals surface area (Å²) in [5, 5.41) is 0. The minimum Gasteiger partial charge on any atom is -0.462 e. The zero-order valence-electron chi connectivity index (χ0n) is 10.0. The van der Waals surface area contributed by atoms with Gasteiger partial charge in [-0.05, 0) is 25.8 Å². The maximum absolute atomic E-state index is 10.7. The van der Waals surface area contributed by atoms with Crippen molar-refractivity contribution in [1.82, 2.24) is 0 Å². The fourth-order valence-electron chi connectivity index (χ4n) is 0.366. The van der Waals surface area contributed by atoms with E-state index in [4.69, 9.17) is 4.74 Å². The van der Waals surface area contributed by atoms with Crippen molar-refractivity contribution < 1.29 is 14.3 Å². The van der Waals surface area contributed by atoms with Gasteiger partial charge >= 0.3 is 5.97 Å². The third-order valence-corrected chi connectivity index (χ3v) is 1.18. The molecule has 0 aliphatic heterocycles. The summed E-state index contributed by atoms with van der Waals surface area (Å²) in [7, 11) is 0. The molecule has 0 unspecified atom stereocenters. The fraction of sp³-hybridized carbons (Fsp3) is 0.500. The Morgan fingerprint density at radius 3 is 1.93 bits per heavy atom. The van der Waals surface area contributed by atoms with Crippen LogP contribution in [-0.4, -0.2) is 18.4 Å². The molecule has 0 bridgehead atoms. The third-order valence-electron chi connectivity index (χ3n) is 1.18. The lowest BCUT2D eigenvalue weighted by molar-refractivity contribution is -0.139. The van der Waals surface area contributed by atoms with Crippen LogP contribution in [0.5, 0.6) is 0 Å². The lowest BCUT2D eigenvalue weighted by Gasteiger charge is -2.05. The molecule has 0 atom stereocenters. The number of allylic oxidation sites excluding steroid dienone is 1. The Labute approximate surface area is 91.8 Å². The van der Waals surface area contributed by atoms with Gasteiger partial charge in [0.15, 0.2) is 5.78 Å². The molecule has 0 spiro atoms. The van der Waals surface area contributed by atoms with Gasteiger partial charge in [-0.25, -0.2) is 4.79 Å². The van der Waals surface area contributed by atoms with Crippen molar-refractivity contribution in [2.24, 2.45) is 5.92 Å². The van der Waals surface area contributed by atoms with Crippen LogP contribution in [0.4, 0.5) is 0 Å². The Hall–Kier alpha value is -1.38. The predicted molar refractivity (Wildman–Crippen MR) is 61.5 cm³/mol. The maximum Gasteiger partial charge on any atom is 0.333 e. The average Bonchev–Trinajstić information content (AvgIpc) is 2.14. The molecule has 0 fully saturated rings. The number of ketones is 1. The summed E-state index contributed by atoms with van der Waals surface area (Å²) in [6.45, 7) is 14.2. The van der Waals surface area contributed by atoms with E-state index in [0.717, 1.165) is 0 Å². The van der Waals surface area contributed by atoms with E-state index in [1.165, 1.54) is 13.0 Å².